The number of esters is 3. The number of piperidine rings is 3. The van der Waals surface area contributed by atoms with Crippen LogP contribution in [0.4, 0.5) is 30.7 Å². The van der Waals surface area contributed by atoms with Gasteiger partial charge in [0.05, 0.1) is 60.3 Å². The second-order valence-corrected chi connectivity index (χ2v) is 34.9. The number of carbonyl (C=O) groups excluding carboxylic acids is 3. The molecular formula is C75H80Br2ClF7N12O12S6. The minimum Gasteiger partial charge on any atom is -0.481 e. The molecule has 40 heteroatoms. The van der Waals surface area contributed by atoms with Crippen LogP contribution in [0.1, 0.15) is 89.9 Å². The lowest BCUT2D eigenvalue weighted by Gasteiger charge is -2.39. The molecule has 3 aromatic heterocycles. The number of rotatable bonds is 30. The standard InChI is InChI=1S/C25H26BrF3N4O4S2.C25H27BrF2N4O4S2.C25H27ClF2N4O4S2/c1-2-37-24(36)20-18(10-33-9-14(8-25(28,29)13-33)11-38-12-19(34)35)31-22(23-30-5-6-39-23)32-21(20)16-4-3-15(27)7-17(16)26;2*1-2-36-25(35)21-19(11-32-9-14(7-16(28)10-32)12-37-13-20(33)34)30-23(24-29-5-6-38-24)31-22(21)17-4-3-15(27)8-18(17)26/h3-7,14,21H,2,8-13H2,1H3,(H,31,32)(H,34,35);2*3-6,8,14,16,22H,2,7,9-13H2,1H3,(H,30,31)(H,33,34)/t14?,21-;2*14?,16?,22-/m000/s1. The highest BCUT2D eigenvalue weighted by molar-refractivity contribution is 9.10. The van der Waals surface area contributed by atoms with Gasteiger partial charge in [0.15, 0.2) is 32.5 Å². The number of thioether (sulfide) groups is 3. The first kappa shape index (κ1) is 90.0. The Hall–Kier alpha value is -7.31. The molecule has 6 aliphatic rings. The molecule has 0 spiro atoms. The number of aromatic nitrogens is 3. The average Bonchev–Trinajstić information content (AvgIpc) is 1.54. The molecule has 3 saturated heterocycles. The number of halogens is 10. The summed E-state index contributed by atoms with van der Waals surface area (Å²) in [6.45, 7) is 6.96. The number of aliphatic imine (C=N–C) groups is 3. The first-order valence-corrected chi connectivity index (χ1v) is 44.1. The number of nitrogens with zero attached hydrogens (tertiary/aromatic N) is 9. The number of benzene rings is 3. The molecule has 115 heavy (non-hydrogen) atoms. The van der Waals surface area contributed by atoms with E-state index in [4.69, 9.17) is 56.1 Å². The number of aliphatic carboxylic acids is 3. The Morgan fingerprint density at radius 3 is 1.20 bits per heavy atom. The van der Waals surface area contributed by atoms with Crippen LogP contribution in [0, 0.1) is 35.2 Å². The predicted octanol–water partition coefficient (Wildman–Crippen LogP) is 13.5. The highest BCUT2D eigenvalue weighted by Gasteiger charge is 2.44. The number of nitrogens with one attached hydrogen (secondary N) is 3. The Balaban J connectivity index is 0.000000182. The van der Waals surface area contributed by atoms with Crippen molar-refractivity contribution >= 4 is 166 Å². The van der Waals surface area contributed by atoms with Crippen molar-refractivity contribution in [1.82, 2.24) is 45.6 Å². The number of hydrogen-bond donors (Lipinski definition) is 6. The number of carboxylic acids is 3. The van der Waals surface area contributed by atoms with Crippen LogP contribution < -0.4 is 16.0 Å². The molecule has 0 aliphatic carbocycles. The number of carboxylic acid groups (broad SMARTS) is 3. The molecule has 3 aromatic carbocycles. The molecule has 0 radical (unpaired) electrons. The van der Waals surface area contributed by atoms with Crippen LogP contribution in [-0.4, -0.2) is 230 Å². The molecule has 3 fully saturated rings. The quantitative estimate of drug-likeness (QED) is 0.0139. The van der Waals surface area contributed by atoms with Crippen molar-refractivity contribution in [1.29, 1.82) is 0 Å². The van der Waals surface area contributed by atoms with Crippen LogP contribution in [0.25, 0.3) is 0 Å². The monoisotopic (exact) mass is 1860 g/mol. The van der Waals surface area contributed by atoms with Gasteiger partial charge in [-0.3, -0.25) is 44.1 Å². The van der Waals surface area contributed by atoms with Gasteiger partial charge in [0.1, 0.15) is 47.9 Å². The second-order valence-electron chi connectivity index (χ2n) is 27.0. The topological polar surface area (TPSA) is 312 Å². The number of thiazole rings is 3. The third-order valence-electron chi connectivity index (χ3n) is 18.1. The van der Waals surface area contributed by atoms with Gasteiger partial charge < -0.3 is 45.5 Å². The second kappa shape index (κ2) is 42.9. The minimum atomic E-state index is -2.99. The summed E-state index contributed by atoms with van der Waals surface area (Å²) < 4.78 is 118. The third kappa shape index (κ3) is 25.6. The Bertz CT molecular complexity index is 4450. The average molecular weight is 1860 g/mol. The Labute approximate surface area is 704 Å². The van der Waals surface area contributed by atoms with Crippen LogP contribution in [0.3, 0.4) is 0 Å². The molecular weight excluding hydrogens is 1780 g/mol. The van der Waals surface area contributed by atoms with Gasteiger partial charge >= 0.3 is 35.8 Å². The number of carbonyl (C=O) groups is 6. The van der Waals surface area contributed by atoms with Gasteiger partial charge in [0.25, 0.3) is 5.92 Å². The number of alkyl halides is 4. The van der Waals surface area contributed by atoms with Gasteiger partial charge in [-0.2, -0.15) is 0 Å². The van der Waals surface area contributed by atoms with Crippen molar-refractivity contribution in [2.45, 2.75) is 76.4 Å². The van der Waals surface area contributed by atoms with Gasteiger partial charge in [-0.1, -0.05) is 61.7 Å². The van der Waals surface area contributed by atoms with Gasteiger partial charge in [0, 0.05) is 130 Å². The number of likely N-dealkylation sites (tertiary alicyclic amines) is 3. The van der Waals surface area contributed by atoms with E-state index in [1.165, 1.54) is 100.0 Å². The number of amidine groups is 3. The first-order chi connectivity index (χ1) is 55.0. The van der Waals surface area contributed by atoms with Crippen LogP contribution in [0.15, 0.2) is 147 Å². The Morgan fingerprint density at radius 2 is 0.861 bits per heavy atom. The zero-order valence-electron chi connectivity index (χ0n) is 61.9. The van der Waals surface area contributed by atoms with Crippen LogP contribution in [0.2, 0.25) is 5.02 Å². The van der Waals surface area contributed by atoms with E-state index < -0.39 is 102 Å². The van der Waals surface area contributed by atoms with E-state index in [0.29, 0.717) is 113 Å². The fraction of sp³-hybridized carbons (Fsp3) is 0.440. The van der Waals surface area contributed by atoms with Gasteiger partial charge in [-0.25, -0.2) is 60.1 Å². The van der Waals surface area contributed by atoms with Gasteiger partial charge in [-0.05, 0) is 116 Å². The van der Waals surface area contributed by atoms with E-state index in [1.54, 1.807) is 61.1 Å². The molecule has 9 heterocycles. The van der Waals surface area contributed by atoms with E-state index in [-0.39, 0.29) is 122 Å². The summed E-state index contributed by atoms with van der Waals surface area (Å²) >= 11 is 20.9. The lowest BCUT2D eigenvalue weighted by atomic mass is 9.93. The maximum absolute atomic E-state index is 14.8. The summed E-state index contributed by atoms with van der Waals surface area (Å²) in [5, 5.41) is 43.6. The maximum Gasteiger partial charge on any atom is 0.338 e. The largest absolute Gasteiger partial charge is 0.481 e. The van der Waals surface area contributed by atoms with Crippen molar-refractivity contribution in [3.8, 4) is 0 Å². The van der Waals surface area contributed by atoms with Crippen LogP contribution in [-0.2, 0) is 43.0 Å². The fourth-order valence-corrected chi connectivity index (χ4v) is 19.6. The zero-order valence-corrected chi connectivity index (χ0v) is 70.7. The summed E-state index contributed by atoms with van der Waals surface area (Å²) in [4.78, 5) is 105. The van der Waals surface area contributed by atoms with E-state index in [1.807, 2.05) is 15.2 Å². The van der Waals surface area contributed by atoms with E-state index >= 15 is 0 Å². The normalized spacial score (nSPS) is 21.8. The summed E-state index contributed by atoms with van der Waals surface area (Å²) in [5.74, 6) is -7.31. The minimum absolute atomic E-state index is 0.0327. The molecule has 6 aromatic rings. The summed E-state index contributed by atoms with van der Waals surface area (Å²) in [5.41, 5.74) is 3.42. The maximum atomic E-state index is 14.8. The summed E-state index contributed by atoms with van der Waals surface area (Å²) in [7, 11) is 0. The molecule has 0 bridgehead atoms. The molecule has 618 valence electrons. The molecule has 5 unspecified atom stereocenters. The van der Waals surface area contributed by atoms with E-state index in [0.717, 1.165) is 17.8 Å². The van der Waals surface area contributed by atoms with Crippen LogP contribution in [0.5, 0.6) is 0 Å². The molecule has 0 saturated carbocycles. The van der Waals surface area contributed by atoms with Crippen molar-refractivity contribution in [3.63, 3.8) is 0 Å². The van der Waals surface area contributed by atoms with Gasteiger partial charge in [0.2, 0.25) is 0 Å². The van der Waals surface area contributed by atoms with Crippen LogP contribution >= 0.6 is 113 Å². The van der Waals surface area contributed by atoms with E-state index in [2.05, 4.69) is 62.8 Å². The van der Waals surface area contributed by atoms with Crippen molar-refractivity contribution < 1.29 is 89.0 Å². The first-order valence-electron chi connectivity index (χ1n) is 36.1. The molecule has 24 nitrogen and oxygen atoms in total. The lowest BCUT2D eigenvalue weighted by molar-refractivity contribution is -0.139. The van der Waals surface area contributed by atoms with E-state index in [9.17, 15) is 59.5 Å². The predicted molar refractivity (Wildman–Crippen MR) is 437 cm³/mol. The summed E-state index contributed by atoms with van der Waals surface area (Å²) in [6.07, 6.45) is 3.07. The highest BCUT2D eigenvalue weighted by Crippen LogP contribution is 2.43. The molecule has 0 amide bonds. The Kier molecular flexibility index (Phi) is 33.6. The number of ether oxygens (including phenoxy) is 3. The molecule has 12 rings (SSSR count). The molecule has 6 aliphatic heterocycles. The zero-order chi connectivity index (χ0) is 82.6. The third-order valence-corrected chi connectivity index (χ3v) is 25.6. The van der Waals surface area contributed by atoms with Crippen molar-refractivity contribution in [2.24, 2.45) is 32.7 Å². The smallest absolute Gasteiger partial charge is 0.338 e. The lowest BCUT2D eigenvalue weighted by Crippen LogP contribution is -2.50. The fourth-order valence-electron chi connectivity index (χ4n) is 13.8. The SMILES string of the molecule is CCOC(=O)C1=C(CN2CC(CSCC(=O)O)CC(F)(F)C2)NC(c2nccs2)=N[C@H]1c1ccc(F)cc1Br.CCOC(=O)C1=C(CN2CC(F)CC(CSCC(=O)O)C2)NC(c2nccs2)=N[C@H]1c1ccc(F)cc1Br.CCOC(=O)C1=C(CN2CC(F)CC(CSCC(=O)O)C2)NC(c2nccs2)=N[C@H]1c1ccc(F)cc1Cl. The molecule has 8 atom stereocenters. The molecule has 6 N–H and O–H groups in total. The number of hydrogen-bond acceptors (Lipinski definition) is 27. The van der Waals surface area contributed by atoms with Crippen molar-refractivity contribution in [3.05, 3.63) is 186 Å². The summed E-state index contributed by atoms with van der Waals surface area (Å²) in [6, 6.07) is 9.51. The Morgan fingerprint density at radius 1 is 0.522 bits per heavy atom. The highest BCUT2D eigenvalue weighted by atomic mass is 79.9. The van der Waals surface area contributed by atoms with Crippen molar-refractivity contribution in [2.75, 3.05) is 113 Å². The van der Waals surface area contributed by atoms with Gasteiger partial charge in [-0.15, -0.1) is 69.3 Å².